The molecule has 2 fully saturated rings. The molecule has 1 aliphatic heterocycles. The first-order valence-corrected chi connectivity index (χ1v) is 9.00. The van der Waals surface area contributed by atoms with Gasteiger partial charge in [-0.1, -0.05) is 43.4 Å². The van der Waals surface area contributed by atoms with E-state index < -0.39 is 17.5 Å². The fourth-order valence-electron chi connectivity index (χ4n) is 3.57. The van der Waals surface area contributed by atoms with Crippen LogP contribution in [0, 0.1) is 6.92 Å². The second-order valence-corrected chi connectivity index (χ2v) is 7.19. The highest BCUT2D eigenvalue weighted by molar-refractivity contribution is 6.31. The minimum atomic E-state index is -0.820. The van der Waals surface area contributed by atoms with E-state index in [0.29, 0.717) is 23.6 Å². The number of anilines is 1. The number of imide groups is 1. The fraction of sp³-hybridized carbons (Fsp3) is 0.500. The van der Waals surface area contributed by atoms with Crippen molar-refractivity contribution in [2.45, 2.75) is 51.0 Å². The summed E-state index contributed by atoms with van der Waals surface area (Å²) >= 11 is 6.05. The number of hydrogen-bond acceptors (Lipinski definition) is 3. The Bertz CT molecular complexity index is 712. The molecule has 1 saturated heterocycles. The third kappa shape index (κ3) is 3.49. The number of amides is 4. The summed E-state index contributed by atoms with van der Waals surface area (Å²) in [6.07, 6.45) is 5.24. The first-order chi connectivity index (χ1) is 11.9. The van der Waals surface area contributed by atoms with Gasteiger partial charge in [-0.2, -0.15) is 0 Å². The van der Waals surface area contributed by atoms with Crippen LogP contribution in [0.4, 0.5) is 10.5 Å². The van der Waals surface area contributed by atoms with E-state index in [0.717, 1.165) is 36.1 Å². The van der Waals surface area contributed by atoms with Crippen molar-refractivity contribution in [2.75, 3.05) is 11.9 Å². The largest absolute Gasteiger partial charge is 0.325 e. The highest BCUT2D eigenvalue weighted by Gasteiger charge is 2.51. The number of carbonyl (C=O) groups excluding carboxylic acids is 3. The molecule has 7 heteroatoms. The lowest BCUT2D eigenvalue weighted by molar-refractivity contribution is -0.134. The summed E-state index contributed by atoms with van der Waals surface area (Å²) in [5.74, 6) is -0.697. The minimum Gasteiger partial charge on any atom is -0.324 e. The van der Waals surface area contributed by atoms with Gasteiger partial charge in [0.25, 0.3) is 5.91 Å². The Kier molecular flexibility index (Phi) is 4.99. The van der Waals surface area contributed by atoms with Crippen LogP contribution in [0.1, 0.15) is 44.1 Å². The third-order valence-electron chi connectivity index (χ3n) is 5.05. The molecule has 0 aromatic heterocycles. The molecule has 2 aliphatic rings. The second-order valence-electron chi connectivity index (χ2n) is 6.78. The summed E-state index contributed by atoms with van der Waals surface area (Å²) in [6, 6.07) is 4.72. The van der Waals surface area contributed by atoms with Gasteiger partial charge in [-0.3, -0.25) is 14.5 Å². The Hall–Kier alpha value is -2.08. The monoisotopic (exact) mass is 363 g/mol. The standard InChI is InChI=1S/C18H22ClN3O3/c1-12-13(19)7-6-8-14(12)20-15(23)11-22-16(24)18(21-17(22)25)9-4-2-3-5-10-18/h6-8H,2-5,9-11H2,1H3,(H,20,23)(H,21,25). The van der Waals surface area contributed by atoms with Crippen LogP contribution < -0.4 is 10.6 Å². The molecule has 0 atom stereocenters. The zero-order valence-corrected chi connectivity index (χ0v) is 15.0. The van der Waals surface area contributed by atoms with Gasteiger partial charge in [0.15, 0.2) is 0 Å². The van der Waals surface area contributed by atoms with E-state index in [4.69, 9.17) is 11.6 Å². The summed E-state index contributed by atoms with van der Waals surface area (Å²) in [5.41, 5.74) is 0.503. The Morgan fingerprint density at radius 2 is 1.92 bits per heavy atom. The third-order valence-corrected chi connectivity index (χ3v) is 5.46. The summed E-state index contributed by atoms with van der Waals surface area (Å²) < 4.78 is 0. The summed E-state index contributed by atoms with van der Waals surface area (Å²) in [5, 5.41) is 6.11. The van der Waals surface area contributed by atoms with E-state index in [1.54, 1.807) is 25.1 Å². The maximum Gasteiger partial charge on any atom is 0.325 e. The molecular weight excluding hydrogens is 342 g/mol. The molecule has 1 aromatic carbocycles. The van der Waals surface area contributed by atoms with Crippen LogP contribution in [-0.2, 0) is 9.59 Å². The molecule has 0 unspecified atom stereocenters. The number of benzene rings is 1. The minimum absolute atomic E-state index is 0.280. The van der Waals surface area contributed by atoms with E-state index >= 15 is 0 Å². The molecule has 0 radical (unpaired) electrons. The van der Waals surface area contributed by atoms with Crippen molar-refractivity contribution in [3.8, 4) is 0 Å². The van der Waals surface area contributed by atoms with E-state index in [9.17, 15) is 14.4 Å². The predicted octanol–water partition coefficient (Wildman–Crippen LogP) is 3.23. The Balaban J connectivity index is 1.69. The molecule has 1 aliphatic carbocycles. The van der Waals surface area contributed by atoms with Crippen LogP contribution in [-0.4, -0.2) is 34.8 Å². The summed E-state index contributed by atoms with van der Waals surface area (Å²) in [7, 11) is 0. The number of hydrogen-bond donors (Lipinski definition) is 2. The highest BCUT2D eigenvalue weighted by atomic mass is 35.5. The molecule has 0 bridgehead atoms. The lowest BCUT2D eigenvalue weighted by Crippen LogP contribution is -2.47. The van der Waals surface area contributed by atoms with Crippen LogP contribution in [0.25, 0.3) is 0 Å². The molecule has 1 heterocycles. The van der Waals surface area contributed by atoms with Gasteiger partial charge in [0.05, 0.1) is 0 Å². The van der Waals surface area contributed by atoms with Crippen molar-refractivity contribution in [2.24, 2.45) is 0 Å². The number of nitrogens with zero attached hydrogens (tertiary/aromatic N) is 1. The Morgan fingerprint density at radius 3 is 2.60 bits per heavy atom. The van der Waals surface area contributed by atoms with Gasteiger partial charge >= 0.3 is 6.03 Å². The number of nitrogens with one attached hydrogen (secondary N) is 2. The van der Waals surface area contributed by atoms with Crippen LogP contribution in [0.5, 0.6) is 0 Å². The van der Waals surface area contributed by atoms with E-state index in [1.165, 1.54) is 0 Å². The second kappa shape index (κ2) is 7.04. The van der Waals surface area contributed by atoms with Crippen molar-refractivity contribution < 1.29 is 14.4 Å². The van der Waals surface area contributed by atoms with Crippen LogP contribution in [0.2, 0.25) is 5.02 Å². The van der Waals surface area contributed by atoms with Crippen molar-refractivity contribution in [1.29, 1.82) is 0 Å². The number of rotatable bonds is 3. The average Bonchev–Trinajstić information content (AvgIpc) is 2.74. The predicted molar refractivity (Wildman–Crippen MR) is 95.5 cm³/mol. The molecule has 4 amide bonds. The lowest BCUT2D eigenvalue weighted by Gasteiger charge is -2.24. The van der Waals surface area contributed by atoms with Gasteiger partial charge in [-0.15, -0.1) is 0 Å². The zero-order valence-electron chi connectivity index (χ0n) is 14.2. The Morgan fingerprint density at radius 1 is 1.24 bits per heavy atom. The molecule has 6 nitrogen and oxygen atoms in total. The van der Waals surface area contributed by atoms with Gasteiger partial charge in [-0.25, -0.2) is 4.79 Å². The summed E-state index contributed by atoms with van der Waals surface area (Å²) in [4.78, 5) is 38.4. The highest BCUT2D eigenvalue weighted by Crippen LogP contribution is 2.32. The van der Waals surface area contributed by atoms with E-state index in [-0.39, 0.29) is 12.5 Å². The Labute approximate surface area is 151 Å². The van der Waals surface area contributed by atoms with Gasteiger partial charge in [0.2, 0.25) is 5.91 Å². The van der Waals surface area contributed by atoms with E-state index in [1.807, 2.05) is 0 Å². The SMILES string of the molecule is Cc1c(Cl)cccc1NC(=O)CN1C(=O)NC2(CCCCCC2)C1=O. The first kappa shape index (κ1) is 17.7. The normalized spacial score (nSPS) is 19.7. The van der Waals surface area contributed by atoms with Crippen molar-refractivity contribution in [3.63, 3.8) is 0 Å². The van der Waals surface area contributed by atoms with Gasteiger partial charge in [0, 0.05) is 10.7 Å². The number of carbonyl (C=O) groups is 3. The van der Waals surface area contributed by atoms with Gasteiger partial charge in [0.1, 0.15) is 12.1 Å². The molecular formula is C18H22ClN3O3. The lowest BCUT2D eigenvalue weighted by atomic mass is 9.90. The van der Waals surface area contributed by atoms with Gasteiger partial charge in [-0.05, 0) is 37.5 Å². The van der Waals surface area contributed by atoms with Gasteiger partial charge < -0.3 is 10.6 Å². The first-order valence-electron chi connectivity index (χ1n) is 8.62. The molecule has 1 aromatic rings. The number of urea groups is 1. The zero-order chi connectivity index (χ0) is 18.0. The quantitative estimate of drug-likeness (QED) is 0.809. The molecule has 134 valence electrons. The van der Waals surface area contributed by atoms with Crippen molar-refractivity contribution in [3.05, 3.63) is 28.8 Å². The topological polar surface area (TPSA) is 78.5 Å². The summed E-state index contributed by atoms with van der Waals surface area (Å²) in [6.45, 7) is 1.50. The number of halogens is 1. The van der Waals surface area contributed by atoms with Crippen LogP contribution in [0.15, 0.2) is 18.2 Å². The molecule has 2 N–H and O–H groups in total. The maximum atomic E-state index is 12.8. The smallest absolute Gasteiger partial charge is 0.324 e. The maximum absolute atomic E-state index is 12.8. The van der Waals surface area contributed by atoms with Crippen molar-refractivity contribution in [1.82, 2.24) is 10.2 Å². The van der Waals surface area contributed by atoms with Crippen LogP contribution in [0.3, 0.4) is 0 Å². The average molecular weight is 364 g/mol. The fourth-order valence-corrected chi connectivity index (χ4v) is 3.74. The molecule has 1 saturated carbocycles. The van der Waals surface area contributed by atoms with Crippen molar-refractivity contribution >= 4 is 35.1 Å². The molecule has 25 heavy (non-hydrogen) atoms. The van der Waals surface area contributed by atoms with E-state index in [2.05, 4.69) is 10.6 Å². The molecule has 3 rings (SSSR count). The van der Waals surface area contributed by atoms with Crippen LogP contribution >= 0.6 is 11.6 Å². The molecule has 1 spiro atoms.